The van der Waals surface area contributed by atoms with E-state index in [1.165, 1.54) is 0 Å². The van der Waals surface area contributed by atoms with Gasteiger partial charge in [0.25, 0.3) is 11.5 Å². The summed E-state index contributed by atoms with van der Waals surface area (Å²) in [6.07, 6.45) is 0.579. The van der Waals surface area contributed by atoms with Gasteiger partial charge in [0.05, 0.1) is 19.8 Å². The van der Waals surface area contributed by atoms with Crippen LogP contribution in [0.15, 0.2) is 35.1 Å². The molecule has 1 atom stereocenters. The van der Waals surface area contributed by atoms with Crippen LogP contribution in [-0.2, 0) is 11.2 Å². The predicted molar refractivity (Wildman–Crippen MR) is 98.9 cm³/mol. The van der Waals surface area contributed by atoms with Crippen LogP contribution >= 0.6 is 0 Å². The number of nitrogens with zero attached hydrogens (tertiary/aromatic N) is 1. The zero-order valence-electron chi connectivity index (χ0n) is 15.4. The van der Waals surface area contributed by atoms with E-state index in [9.17, 15) is 9.59 Å². The molecular formula is C20H24N2O4. The van der Waals surface area contributed by atoms with Crippen LogP contribution in [0.1, 0.15) is 27.2 Å². The van der Waals surface area contributed by atoms with E-state index in [2.05, 4.69) is 4.98 Å². The standard InChI is InChI=1S/C20H24N2O4/c1-13-9-18(19(23)21-14(13)2)20(24)22-7-8-26-17(12-22)11-15-5-4-6-16(10-15)25-3/h4-6,9-10,17H,7-8,11-12H2,1-3H3,(H,21,23). The maximum atomic E-state index is 12.8. The number of rotatable bonds is 4. The van der Waals surface area contributed by atoms with Gasteiger partial charge in [0.1, 0.15) is 11.3 Å². The maximum absolute atomic E-state index is 12.8. The first-order valence-corrected chi connectivity index (χ1v) is 8.72. The number of nitrogens with one attached hydrogen (secondary N) is 1. The fourth-order valence-electron chi connectivity index (χ4n) is 3.15. The molecule has 0 bridgehead atoms. The molecule has 1 unspecified atom stereocenters. The van der Waals surface area contributed by atoms with Crippen molar-refractivity contribution in [2.75, 3.05) is 26.8 Å². The van der Waals surface area contributed by atoms with Crippen LogP contribution in [0, 0.1) is 13.8 Å². The predicted octanol–water partition coefficient (Wildman–Crippen LogP) is 2.08. The van der Waals surface area contributed by atoms with Crippen LogP contribution in [0.3, 0.4) is 0 Å². The van der Waals surface area contributed by atoms with Crippen molar-refractivity contribution in [3.05, 3.63) is 63.1 Å². The van der Waals surface area contributed by atoms with E-state index in [1.807, 2.05) is 38.1 Å². The highest BCUT2D eigenvalue weighted by Gasteiger charge is 2.27. The molecule has 2 aromatic rings. The number of aromatic nitrogens is 1. The van der Waals surface area contributed by atoms with E-state index in [0.717, 1.165) is 22.6 Å². The monoisotopic (exact) mass is 356 g/mol. The summed E-state index contributed by atoms with van der Waals surface area (Å²) in [5.74, 6) is 0.557. The van der Waals surface area contributed by atoms with Crippen molar-refractivity contribution in [2.45, 2.75) is 26.4 Å². The zero-order valence-corrected chi connectivity index (χ0v) is 15.4. The topological polar surface area (TPSA) is 71.6 Å². The number of methoxy groups -OCH3 is 1. The first-order chi connectivity index (χ1) is 12.5. The minimum Gasteiger partial charge on any atom is -0.497 e. The van der Waals surface area contributed by atoms with E-state index in [1.54, 1.807) is 18.1 Å². The molecule has 0 spiro atoms. The van der Waals surface area contributed by atoms with Gasteiger partial charge in [-0.2, -0.15) is 0 Å². The highest BCUT2D eigenvalue weighted by Crippen LogP contribution is 2.18. The van der Waals surface area contributed by atoms with Gasteiger partial charge in [0.15, 0.2) is 0 Å². The van der Waals surface area contributed by atoms with Gasteiger partial charge in [-0.15, -0.1) is 0 Å². The van der Waals surface area contributed by atoms with E-state index in [0.29, 0.717) is 26.1 Å². The van der Waals surface area contributed by atoms with Crippen LogP contribution in [0.5, 0.6) is 5.75 Å². The van der Waals surface area contributed by atoms with Crippen molar-refractivity contribution in [1.82, 2.24) is 9.88 Å². The van der Waals surface area contributed by atoms with E-state index in [-0.39, 0.29) is 23.1 Å². The highest BCUT2D eigenvalue weighted by atomic mass is 16.5. The van der Waals surface area contributed by atoms with Crippen molar-refractivity contribution < 1.29 is 14.3 Å². The molecule has 138 valence electrons. The summed E-state index contributed by atoms with van der Waals surface area (Å²) in [5.41, 5.74) is 2.62. The second-order valence-corrected chi connectivity index (χ2v) is 6.62. The maximum Gasteiger partial charge on any atom is 0.261 e. The summed E-state index contributed by atoms with van der Waals surface area (Å²) in [6, 6.07) is 9.49. The molecule has 6 nitrogen and oxygen atoms in total. The average Bonchev–Trinajstić information content (AvgIpc) is 2.64. The summed E-state index contributed by atoms with van der Waals surface area (Å²) in [4.78, 5) is 29.4. The number of benzene rings is 1. The van der Waals surface area contributed by atoms with Gasteiger partial charge in [-0.25, -0.2) is 0 Å². The molecule has 0 saturated carbocycles. The number of hydrogen-bond donors (Lipinski definition) is 1. The molecule has 1 aliphatic rings. The molecule has 1 aliphatic heterocycles. The second-order valence-electron chi connectivity index (χ2n) is 6.62. The molecule has 1 saturated heterocycles. The van der Waals surface area contributed by atoms with Crippen LogP contribution in [0.4, 0.5) is 0 Å². The summed E-state index contributed by atoms with van der Waals surface area (Å²) >= 11 is 0. The Morgan fingerprint density at radius 2 is 2.15 bits per heavy atom. The van der Waals surface area contributed by atoms with Gasteiger partial charge in [-0.05, 0) is 43.2 Å². The van der Waals surface area contributed by atoms with Crippen molar-refractivity contribution in [1.29, 1.82) is 0 Å². The number of amides is 1. The Balaban J connectivity index is 1.73. The number of carbonyl (C=O) groups excluding carboxylic acids is 1. The van der Waals surface area contributed by atoms with E-state index in [4.69, 9.17) is 9.47 Å². The Kier molecular flexibility index (Phi) is 5.42. The molecule has 1 aromatic carbocycles. The summed E-state index contributed by atoms with van der Waals surface area (Å²) in [5, 5.41) is 0. The fraction of sp³-hybridized carbons (Fsp3) is 0.400. The fourth-order valence-corrected chi connectivity index (χ4v) is 3.15. The van der Waals surface area contributed by atoms with Gasteiger partial charge in [0.2, 0.25) is 0 Å². The summed E-state index contributed by atoms with van der Waals surface area (Å²) < 4.78 is 11.1. The van der Waals surface area contributed by atoms with Crippen molar-refractivity contribution in [3.63, 3.8) is 0 Å². The summed E-state index contributed by atoms with van der Waals surface area (Å²) in [6.45, 7) is 5.11. The molecule has 2 heterocycles. The summed E-state index contributed by atoms with van der Waals surface area (Å²) in [7, 11) is 1.64. The van der Waals surface area contributed by atoms with Crippen molar-refractivity contribution in [3.8, 4) is 5.75 Å². The van der Waals surface area contributed by atoms with Crippen LogP contribution < -0.4 is 10.3 Å². The third-order valence-electron chi connectivity index (χ3n) is 4.75. The molecule has 1 N–H and O–H groups in total. The quantitative estimate of drug-likeness (QED) is 0.910. The van der Waals surface area contributed by atoms with Gasteiger partial charge >= 0.3 is 0 Å². The molecule has 0 aliphatic carbocycles. The SMILES string of the molecule is COc1cccc(CC2CN(C(=O)c3cc(C)c(C)[nH]c3=O)CCO2)c1. The highest BCUT2D eigenvalue weighted by molar-refractivity contribution is 5.94. The average molecular weight is 356 g/mol. The van der Waals surface area contributed by atoms with Gasteiger partial charge in [-0.3, -0.25) is 9.59 Å². The lowest BCUT2D eigenvalue weighted by molar-refractivity contribution is -0.0209. The number of H-pyrrole nitrogens is 1. The van der Waals surface area contributed by atoms with Gasteiger partial charge < -0.3 is 19.4 Å². The molecule has 1 aromatic heterocycles. The number of morpholine rings is 1. The minimum atomic E-state index is -0.339. The molecule has 6 heteroatoms. The Morgan fingerprint density at radius 3 is 2.92 bits per heavy atom. The lowest BCUT2D eigenvalue weighted by Crippen LogP contribution is -2.47. The minimum absolute atomic E-state index is 0.106. The van der Waals surface area contributed by atoms with Crippen LogP contribution in [0.2, 0.25) is 0 Å². The lowest BCUT2D eigenvalue weighted by atomic mass is 10.1. The third-order valence-corrected chi connectivity index (χ3v) is 4.75. The van der Waals surface area contributed by atoms with Crippen LogP contribution in [-0.4, -0.2) is 48.7 Å². The first-order valence-electron chi connectivity index (χ1n) is 8.72. The van der Waals surface area contributed by atoms with Gasteiger partial charge in [0, 0.05) is 25.2 Å². The Hall–Kier alpha value is -2.60. The van der Waals surface area contributed by atoms with Crippen molar-refractivity contribution in [2.24, 2.45) is 0 Å². The molecule has 3 rings (SSSR count). The number of carbonyl (C=O) groups is 1. The molecule has 1 fully saturated rings. The number of pyridine rings is 1. The molecular weight excluding hydrogens is 332 g/mol. The van der Waals surface area contributed by atoms with Gasteiger partial charge in [-0.1, -0.05) is 12.1 Å². The molecule has 1 amide bonds. The van der Waals surface area contributed by atoms with Crippen LogP contribution in [0.25, 0.3) is 0 Å². The zero-order chi connectivity index (χ0) is 18.7. The number of ether oxygens (including phenoxy) is 2. The van der Waals surface area contributed by atoms with E-state index >= 15 is 0 Å². The normalized spacial score (nSPS) is 17.2. The Bertz CT molecular complexity index is 859. The van der Waals surface area contributed by atoms with Crippen molar-refractivity contribution >= 4 is 5.91 Å². The molecule has 0 radical (unpaired) electrons. The smallest absolute Gasteiger partial charge is 0.261 e. The molecule has 26 heavy (non-hydrogen) atoms. The number of aromatic amines is 1. The first kappa shape index (κ1) is 18.2. The third kappa shape index (κ3) is 3.96. The second kappa shape index (κ2) is 7.74. The van der Waals surface area contributed by atoms with E-state index < -0.39 is 0 Å². The lowest BCUT2D eigenvalue weighted by Gasteiger charge is -2.33. The number of hydrogen-bond acceptors (Lipinski definition) is 4. The Morgan fingerprint density at radius 1 is 1.35 bits per heavy atom. The number of aryl methyl sites for hydroxylation is 2. The largest absolute Gasteiger partial charge is 0.497 e. The Labute approximate surface area is 152 Å².